The normalized spacial score (nSPS) is 24.6. The van der Waals surface area contributed by atoms with Gasteiger partial charge in [0.15, 0.2) is 0 Å². The molecular weight excluding hydrogens is 238 g/mol. The average Bonchev–Trinajstić information content (AvgIpc) is 2.55. The lowest BCUT2D eigenvalue weighted by molar-refractivity contribution is -0.131. The molecule has 1 saturated heterocycles. The van der Waals surface area contributed by atoms with Crippen molar-refractivity contribution in [2.75, 3.05) is 27.2 Å². The van der Waals surface area contributed by atoms with Crippen LogP contribution in [0.1, 0.15) is 47.0 Å². The van der Waals surface area contributed by atoms with E-state index in [2.05, 4.69) is 56.9 Å². The molecule has 0 bridgehead atoms. The van der Waals surface area contributed by atoms with Crippen LogP contribution in [0.15, 0.2) is 0 Å². The van der Waals surface area contributed by atoms with Gasteiger partial charge in [-0.25, -0.2) is 0 Å². The molecule has 4 nitrogen and oxygen atoms in total. The Hall–Kier alpha value is -0.610. The molecule has 1 heterocycles. The lowest BCUT2D eigenvalue weighted by atomic mass is 9.92. The van der Waals surface area contributed by atoms with Gasteiger partial charge in [0.1, 0.15) is 0 Å². The summed E-state index contributed by atoms with van der Waals surface area (Å²) in [5, 5.41) is 3.48. The minimum Gasteiger partial charge on any atom is -0.325 e. The first-order valence-corrected chi connectivity index (χ1v) is 7.52. The zero-order valence-corrected chi connectivity index (χ0v) is 13.5. The molecule has 0 aliphatic carbocycles. The van der Waals surface area contributed by atoms with Gasteiger partial charge in [0, 0.05) is 13.1 Å². The van der Waals surface area contributed by atoms with Crippen LogP contribution in [0.25, 0.3) is 0 Å². The van der Waals surface area contributed by atoms with Crippen molar-refractivity contribution in [1.82, 2.24) is 15.1 Å². The fourth-order valence-electron chi connectivity index (χ4n) is 3.14. The van der Waals surface area contributed by atoms with Gasteiger partial charge in [0.2, 0.25) is 5.91 Å². The highest BCUT2D eigenvalue weighted by Gasteiger charge is 2.39. The van der Waals surface area contributed by atoms with Crippen molar-refractivity contribution in [3.63, 3.8) is 0 Å². The van der Waals surface area contributed by atoms with Crippen molar-refractivity contribution >= 4 is 5.91 Å². The molecule has 0 aromatic carbocycles. The van der Waals surface area contributed by atoms with Crippen molar-refractivity contribution in [3.05, 3.63) is 0 Å². The third-order valence-electron chi connectivity index (χ3n) is 3.66. The number of hydrogen-bond acceptors (Lipinski definition) is 3. The third kappa shape index (κ3) is 4.46. The molecule has 1 amide bonds. The van der Waals surface area contributed by atoms with Gasteiger partial charge in [-0.2, -0.15) is 0 Å². The van der Waals surface area contributed by atoms with Crippen LogP contribution in [0, 0.1) is 5.41 Å². The quantitative estimate of drug-likeness (QED) is 0.767. The Morgan fingerprint density at radius 1 is 1.32 bits per heavy atom. The molecule has 1 aliphatic heterocycles. The lowest BCUT2D eigenvalue weighted by Crippen LogP contribution is -2.45. The van der Waals surface area contributed by atoms with E-state index in [1.807, 2.05) is 0 Å². The van der Waals surface area contributed by atoms with Gasteiger partial charge in [-0.05, 0) is 32.4 Å². The second kappa shape index (κ2) is 6.71. The predicted octanol–water partition coefficient (Wildman–Crippen LogP) is 1.91. The molecule has 1 N–H and O–H groups in total. The van der Waals surface area contributed by atoms with Gasteiger partial charge in [-0.1, -0.05) is 34.1 Å². The fourth-order valence-corrected chi connectivity index (χ4v) is 3.14. The van der Waals surface area contributed by atoms with Crippen LogP contribution >= 0.6 is 0 Å². The molecule has 1 aliphatic rings. The molecule has 1 rings (SSSR count). The van der Waals surface area contributed by atoms with E-state index in [0.717, 1.165) is 32.4 Å². The summed E-state index contributed by atoms with van der Waals surface area (Å²) in [6, 6.07) is 0.0325. The summed E-state index contributed by atoms with van der Waals surface area (Å²) in [7, 11) is 4.17. The molecule has 0 aromatic rings. The molecule has 2 atom stereocenters. The third-order valence-corrected chi connectivity index (χ3v) is 3.66. The van der Waals surface area contributed by atoms with Crippen LogP contribution in [-0.4, -0.2) is 55.1 Å². The number of rotatable bonds is 7. The summed E-state index contributed by atoms with van der Waals surface area (Å²) in [6.07, 6.45) is 3.18. The van der Waals surface area contributed by atoms with E-state index in [0.29, 0.717) is 5.91 Å². The Bertz CT molecular complexity index is 302. The number of nitrogens with one attached hydrogen (secondary N) is 1. The molecular formula is C15H31N3O. The van der Waals surface area contributed by atoms with Crippen LogP contribution in [0.4, 0.5) is 0 Å². The maximum absolute atomic E-state index is 12.5. The van der Waals surface area contributed by atoms with Gasteiger partial charge in [-0.3, -0.25) is 10.1 Å². The Kier molecular flexibility index (Phi) is 5.81. The van der Waals surface area contributed by atoms with Crippen molar-refractivity contribution < 1.29 is 4.79 Å². The molecule has 112 valence electrons. The predicted molar refractivity (Wildman–Crippen MR) is 80.0 cm³/mol. The largest absolute Gasteiger partial charge is 0.325 e. The summed E-state index contributed by atoms with van der Waals surface area (Å²) in [5.41, 5.74) is 0.120. The zero-order chi connectivity index (χ0) is 14.6. The Balaban J connectivity index is 2.71. The number of hydrogen-bond donors (Lipinski definition) is 1. The molecule has 0 saturated carbocycles. The minimum atomic E-state index is 0.0325. The Labute approximate surface area is 118 Å². The van der Waals surface area contributed by atoms with Crippen molar-refractivity contribution in [1.29, 1.82) is 0 Å². The van der Waals surface area contributed by atoms with Crippen LogP contribution in [0.3, 0.4) is 0 Å². The smallest absolute Gasteiger partial charge is 0.241 e. The van der Waals surface area contributed by atoms with Crippen molar-refractivity contribution in [2.45, 2.75) is 59.2 Å². The van der Waals surface area contributed by atoms with Gasteiger partial charge >= 0.3 is 0 Å². The molecule has 0 radical (unpaired) electrons. The van der Waals surface area contributed by atoms with E-state index in [1.165, 1.54) is 0 Å². The van der Waals surface area contributed by atoms with E-state index < -0.39 is 0 Å². The van der Waals surface area contributed by atoms with Crippen LogP contribution in [-0.2, 0) is 4.79 Å². The standard InChI is InChI=1S/C15H31N3O/c1-7-9-12-14(19)18(13(8-2)16-12)11-15(3,4)10-17(5)6/h12-13,16H,7-11H2,1-6H3. The summed E-state index contributed by atoms with van der Waals surface area (Å²) >= 11 is 0. The molecule has 0 aromatic heterocycles. The first-order chi connectivity index (χ1) is 8.80. The Morgan fingerprint density at radius 2 is 1.95 bits per heavy atom. The highest BCUT2D eigenvalue weighted by atomic mass is 16.2. The molecule has 2 unspecified atom stereocenters. The van der Waals surface area contributed by atoms with Gasteiger partial charge in [-0.15, -0.1) is 0 Å². The topological polar surface area (TPSA) is 35.6 Å². The SMILES string of the molecule is CCCC1NC(CC)N(CC(C)(C)CN(C)C)C1=O. The number of carbonyl (C=O) groups is 1. The number of amides is 1. The fraction of sp³-hybridized carbons (Fsp3) is 0.933. The number of nitrogens with zero attached hydrogens (tertiary/aromatic N) is 2. The molecule has 19 heavy (non-hydrogen) atoms. The first kappa shape index (κ1) is 16.4. The van der Waals surface area contributed by atoms with E-state index >= 15 is 0 Å². The van der Waals surface area contributed by atoms with Gasteiger partial charge < -0.3 is 9.80 Å². The summed E-state index contributed by atoms with van der Waals surface area (Å²) < 4.78 is 0. The maximum atomic E-state index is 12.5. The Morgan fingerprint density at radius 3 is 2.42 bits per heavy atom. The molecule has 4 heteroatoms. The maximum Gasteiger partial charge on any atom is 0.241 e. The average molecular weight is 269 g/mol. The summed E-state index contributed by atoms with van der Waals surface area (Å²) in [5.74, 6) is 0.292. The summed E-state index contributed by atoms with van der Waals surface area (Å²) in [4.78, 5) is 16.7. The zero-order valence-electron chi connectivity index (χ0n) is 13.5. The van der Waals surface area contributed by atoms with E-state index in [9.17, 15) is 4.79 Å². The highest BCUT2D eigenvalue weighted by molar-refractivity contribution is 5.84. The van der Waals surface area contributed by atoms with E-state index in [4.69, 9.17) is 0 Å². The minimum absolute atomic E-state index is 0.0325. The molecule has 1 fully saturated rings. The van der Waals surface area contributed by atoms with Crippen molar-refractivity contribution in [3.8, 4) is 0 Å². The van der Waals surface area contributed by atoms with Crippen LogP contribution in [0.5, 0.6) is 0 Å². The molecule has 0 spiro atoms. The monoisotopic (exact) mass is 269 g/mol. The highest BCUT2D eigenvalue weighted by Crippen LogP contribution is 2.24. The summed E-state index contributed by atoms with van der Waals surface area (Å²) in [6.45, 7) is 10.6. The van der Waals surface area contributed by atoms with Gasteiger partial charge in [0.25, 0.3) is 0 Å². The van der Waals surface area contributed by atoms with Crippen LogP contribution < -0.4 is 5.32 Å². The lowest BCUT2D eigenvalue weighted by Gasteiger charge is -2.35. The second-order valence-electron chi connectivity index (χ2n) is 6.80. The number of carbonyl (C=O) groups excluding carboxylic acids is 1. The van der Waals surface area contributed by atoms with E-state index in [1.54, 1.807) is 0 Å². The van der Waals surface area contributed by atoms with E-state index in [-0.39, 0.29) is 17.6 Å². The second-order valence-corrected chi connectivity index (χ2v) is 6.80. The first-order valence-electron chi connectivity index (χ1n) is 7.52. The van der Waals surface area contributed by atoms with Crippen molar-refractivity contribution in [2.24, 2.45) is 5.41 Å². The van der Waals surface area contributed by atoms with Gasteiger partial charge in [0.05, 0.1) is 12.2 Å². The van der Waals surface area contributed by atoms with Crippen LogP contribution in [0.2, 0.25) is 0 Å².